The number of rotatable bonds is 2. The van der Waals surface area contributed by atoms with E-state index in [4.69, 9.17) is 0 Å². The summed E-state index contributed by atoms with van der Waals surface area (Å²) in [6.45, 7) is 5.84. The minimum absolute atomic E-state index is 0.407. The standard InChI is InChI=1S/C11H18N2O/c1-9(2)13-7-3-4-10(13)11(14)5-6-12-8-11/h3-4,7,9,12,14H,5-6,8H2,1-2H3. The van der Waals surface area contributed by atoms with Crippen molar-refractivity contribution in [1.29, 1.82) is 0 Å². The maximum Gasteiger partial charge on any atom is 0.118 e. The maximum absolute atomic E-state index is 10.4. The summed E-state index contributed by atoms with van der Waals surface area (Å²) in [6, 6.07) is 4.43. The van der Waals surface area contributed by atoms with Gasteiger partial charge in [0.05, 0.1) is 5.69 Å². The van der Waals surface area contributed by atoms with Crippen LogP contribution in [0.4, 0.5) is 0 Å². The molecule has 0 saturated carbocycles. The van der Waals surface area contributed by atoms with Crippen molar-refractivity contribution in [1.82, 2.24) is 9.88 Å². The molecule has 1 saturated heterocycles. The molecule has 0 aliphatic carbocycles. The van der Waals surface area contributed by atoms with E-state index < -0.39 is 5.60 Å². The Morgan fingerprint density at radius 1 is 1.57 bits per heavy atom. The summed E-state index contributed by atoms with van der Waals surface area (Å²) in [7, 11) is 0. The van der Waals surface area contributed by atoms with Crippen LogP contribution in [0.15, 0.2) is 18.3 Å². The van der Waals surface area contributed by atoms with Crippen LogP contribution in [0.1, 0.15) is 32.0 Å². The van der Waals surface area contributed by atoms with Crippen molar-refractivity contribution in [3.8, 4) is 0 Å². The number of aromatic nitrogens is 1. The van der Waals surface area contributed by atoms with Crippen molar-refractivity contribution in [2.75, 3.05) is 13.1 Å². The first kappa shape index (κ1) is 9.74. The first-order valence-corrected chi connectivity index (χ1v) is 5.24. The maximum atomic E-state index is 10.4. The molecule has 1 aromatic heterocycles. The molecule has 1 aliphatic rings. The minimum atomic E-state index is -0.659. The lowest BCUT2D eigenvalue weighted by atomic mass is 9.98. The molecule has 0 radical (unpaired) electrons. The zero-order valence-corrected chi connectivity index (χ0v) is 8.83. The van der Waals surface area contributed by atoms with E-state index in [-0.39, 0.29) is 0 Å². The molecule has 1 fully saturated rings. The molecule has 3 nitrogen and oxygen atoms in total. The Morgan fingerprint density at radius 2 is 2.36 bits per heavy atom. The van der Waals surface area contributed by atoms with Gasteiger partial charge >= 0.3 is 0 Å². The molecule has 0 bridgehead atoms. The van der Waals surface area contributed by atoms with Gasteiger partial charge in [0.2, 0.25) is 0 Å². The van der Waals surface area contributed by atoms with E-state index in [1.165, 1.54) is 0 Å². The molecular weight excluding hydrogens is 176 g/mol. The van der Waals surface area contributed by atoms with Crippen LogP contribution >= 0.6 is 0 Å². The highest BCUT2D eigenvalue weighted by Gasteiger charge is 2.35. The molecule has 0 amide bonds. The number of β-amino-alcohol motifs (C(OH)–C–C–N with tert-alkyl or cyclic N) is 1. The molecule has 0 spiro atoms. The fourth-order valence-corrected chi connectivity index (χ4v) is 2.14. The highest BCUT2D eigenvalue weighted by atomic mass is 16.3. The van der Waals surface area contributed by atoms with Gasteiger partial charge in [-0.3, -0.25) is 0 Å². The van der Waals surface area contributed by atoms with Gasteiger partial charge < -0.3 is 15.0 Å². The van der Waals surface area contributed by atoms with Crippen molar-refractivity contribution in [2.45, 2.75) is 31.9 Å². The van der Waals surface area contributed by atoms with Crippen molar-refractivity contribution in [2.24, 2.45) is 0 Å². The minimum Gasteiger partial charge on any atom is -0.382 e. The first-order chi connectivity index (χ1) is 6.63. The Labute approximate surface area is 84.7 Å². The predicted octanol–water partition coefficient (Wildman–Crippen LogP) is 1.25. The number of hydrogen-bond donors (Lipinski definition) is 2. The highest BCUT2D eigenvalue weighted by molar-refractivity contribution is 5.19. The van der Waals surface area contributed by atoms with Gasteiger partial charge in [0.1, 0.15) is 5.60 Å². The van der Waals surface area contributed by atoms with Gasteiger partial charge in [-0.15, -0.1) is 0 Å². The molecular formula is C11H18N2O. The Hall–Kier alpha value is -0.800. The Kier molecular flexibility index (Phi) is 2.37. The molecule has 14 heavy (non-hydrogen) atoms. The van der Waals surface area contributed by atoms with E-state index in [0.717, 1.165) is 18.7 Å². The number of nitrogens with one attached hydrogen (secondary N) is 1. The van der Waals surface area contributed by atoms with Crippen LogP contribution in [0.3, 0.4) is 0 Å². The van der Waals surface area contributed by atoms with E-state index in [0.29, 0.717) is 12.6 Å². The average Bonchev–Trinajstić information content (AvgIpc) is 2.71. The van der Waals surface area contributed by atoms with Gasteiger partial charge in [-0.25, -0.2) is 0 Å². The number of hydrogen-bond acceptors (Lipinski definition) is 2. The smallest absolute Gasteiger partial charge is 0.118 e. The lowest BCUT2D eigenvalue weighted by Gasteiger charge is -2.25. The monoisotopic (exact) mass is 194 g/mol. The molecule has 1 aliphatic heterocycles. The van der Waals surface area contributed by atoms with E-state index >= 15 is 0 Å². The number of aliphatic hydroxyl groups is 1. The van der Waals surface area contributed by atoms with Crippen LogP contribution < -0.4 is 5.32 Å². The second kappa shape index (κ2) is 3.41. The lowest BCUT2D eigenvalue weighted by molar-refractivity contribution is 0.0493. The Bertz CT molecular complexity index is 311. The van der Waals surface area contributed by atoms with Crippen molar-refractivity contribution < 1.29 is 5.11 Å². The summed E-state index contributed by atoms with van der Waals surface area (Å²) < 4.78 is 2.15. The Balaban J connectivity index is 2.35. The Morgan fingerprint density at radius 3 is 2.93 bits per heavy atom. The molecule has 78 valence electrons. The van der Waals surface area contributed by atoms with Crippen LogP contribution in [-0.2, 0) is 5.60 Å². The molecule has 0 aromatic carbocycles. The fourth-order valence-electron chi connectivity index (χ4n) is 2.14. The molecule has 2 N–H and O–H groups in total. The normalized spacial score (nSPS) is 27.4. The van der Waals surface area contributed by atoms with E-state index in [1.807, 2.05) is 18.3 Å². The molecule has 2 heterocycles. The summed E-state index contributed by atoms with van der Waals surface area (Å²) >= 11 is 0. The zero-order chi connectivity index (χ0) is 10.2. The quantitative estimate of drug-likeness (QED) is 0.743. The third-order valence-electron chi connectivity index (χ3n) is 2.94. The van der Waals surface area contributed by atoms with Gasteiger partial charge in [-0.2, -0.15) is 0 Å². The third-order valence-corrected chi connectivity index (χ3v) is 2.94. The van der Waals surface area contributed by atoms with Crippen LogP contribution in [0.25, 0.3) is 0 Å². The molecule has 1 aromatic rings. The fraction of sp³-hybridized carbons (Fsp3) is 0.636. The SMILES string of the molecule is CC(C)n1cccc1C1(O)CCNC1. The number of nitrogens with zero attached hydrogens (tertiary/aromatic N) is 1. The van der Waals surface area contributed by atoms with Gasteiger partial charge in [0.15, 0.2) is 0 Å². The predicted molar refractivity (Wildman–Crippen MR) is 56.2 cm³/mol. The molecule has 1 atom stereocenters. The van der Waals surface area contributed by atoms with Crippen LogP contribution in [-0.4, -0.2) is 22.8 Å². The largest absolute Gasteiger partial charge is 0.382 e. The van der Waals surface area contributed by atoms with Gasteiger partial charge in [0, 0.05) is 18.8 Å². The summed E-state index contributed by atoms with van der Waals surface area (Å²) in [4.78, 5) is 0. The molecule has 3 heteroatoms. The van der Waals surface area contributed by atoms with Crippen LogP contribution in [0.5, 0.6) is 0 Å². The summed E-state index contributed by atoms with van der Waals surface area (Å²) in [6.07, 6.45) is 2.85. The van der Waals surface area contributed by atoms with Gasteiger partial charge in [0.25, 0.3) is 0 Å². The second-order valence-corrected chi connectivity index (χ2v) is 4.35. The van der Waals surface area contributed by atoms with E-state index in [1.54, 1.807) is 0 Å². The second-order valence-electron chi connectivity index (χ2n) is 4.35. The summed E-state index contributed by atoms with van der Waals surface area (Å²) in [5.74, 6) is 0. The zero-order valence-electron chi connectivity index (χ0n) is 8.83. The van der Waals surface area contributed by atoms with Crippen molar-refractivity contribution in [3.63, 3.8) is 0 Å². The van der Waals surface area contributed by atoms with Gasteiger partial charge in [-0.05, 0) is 38.9 Å². The molecule has 1 unspecified atom stereocenters. The van der Waals surface area contributed by atoms with E-state index in [9.17, 15) is 5.11 Å². The topological polar surface area (TPSA) is 37.2 Å². The average molecular weight is 194 g/mol. The van der Waals surface area contributed by atoms with Gasteiger partial charge in [-0.1, -0.05) is 0 Å². The summed E-state index contributed by atoms with van der Waals surface area (Å²) in [5.41, 5.74) is 0.380. The first-order valence-electron chi connectivity index (χ1n) is 5.24. The van der Waals surface area contributed by atoms with Crippen molar-refractivity contribution >= 4 is 0 Å². The lowest BCUT2D eigenvalue weighted by Crippen LogP contribution is -2.31. The molecule has 2 rings (SSSR count). The van der Waals surface area contributed by atoms with E-state index in [2.05, 4.69) is 23.7 Å². The third kappa shape index (κ3) is 1.47. The van der Waals surface area contributed by atoms with Crippen molar-refractivity contribution in [3.05, 3.63) is 24.0 Å². The summed E-state index contributed by atoms with van der Waals surface area (Å²) in [5, 5.41) is 13.6. The van der Waals surface area contributed by atoms with Crippen LogP contribution in [0, 0.1) is 0 Å². The highest BCUT2D eigenvalue weighted by Crippen LogP contribution is 2.29. The van der Waals surface area contributed by atoms with Crippen LogP contribution in [0.2, 0.25) is 0 Å².